The van der Waals surface area contributed by atoms with Crippen LogP contribution in [0.3, 0.4) is 0 Å². The second kappa shape index (κ2) is 5.87. The summed E-state index contributed by atoms with van der Waals surface area (Å²) in [6.45, 7) is 8.04. The topological polar surface area (TPSA) is 29.9 Å². The molecule has 0 bridgehead atoms. The highest BCUT2D eigenvalue weighted by molar-refractivity contribution is 7.16. The van der Waals surface area contributed by atoms with Gasteiger partial charge in [-0.05, 0) is 38.6 Å². The molecule has 0 fully saturated rings. The van der Waals surface area contributed by atoms with Crippen LogP contribution >= 0.6 is 22.9 Å². The van der Waals surface area contributed by atoms with E-state index >= 15 is 0 Å². The fourth-order valence-corrected chi connectivity index (χ4v) is 3.24. The molecule has 2 heterocycles. The van der Waals surface area contributed by atoms with Gasteiger partial charge in [0.15, 0.2) is 0 Å². The summed E-state index contributed by atoms with van der Waals surface area (Å²) < 4.78 is 2.88. The zero-order chi connectivity index (χ0) is 13.1. The van der Waals surface area contributed by atoms with Crippen LogP contribution < -0.4 is 5.32 Å². The molecule has 98 valence electrons. The molecule has 2 aromatic rings. The molecule has 1 N–H and O–H groups in total. The van der Waals surface area contributed by atoms with Gasteiger partial charge in [0.1, 0.15) is 0 Å². The Morgan fingerprint density at radius 1 is 1.44 bits per heavy atom. The largest absolute Gasteiger partial charge is 0.305 e. The third-order valence-electron chi connectivity index (χ3n) is 2.82. The molecule has 0 radical (unpaired) electrons. The summed E-state index contributed by atoms with van der Waals surface area (Å²) in [7, 11) is 0. The van der Waals surface area contributed by atoms with Crippen molar-refractivity contribution in [1.29, 1.82) is 0 Å². The average Bonchev–Trinajstić information content (AvgIpc) is 2.92. The summed E-state index contributed by atoms with van der Waals surface area (Å²) >= 11 is 7.66. The third-order valence-corrected chi connectivity index (χ3v) is 4.11. The number of aromatic nitrogens is 2. The SMILES string of the molecule is CCNC(c1ccc(Cl)s1)c1cc(C)nn1CC. The Hall–Kier alpha value is -0.840. The maximum Gasteiger partial charge on any atom is 0.0931 e. The lowest BCUT2D eigenvalue weighted by atomic mass is 10.1. The average molecular weight is 284 g/mol. The first-order chi connectivity index (χ1) is 8.65. The molecule has 0 saturated heterocycles. The first-order valence-electron chi connectivity index (χ1n) is 6.18. The van der Waals surface area contributed by atoms with Gasteiger partial charge in [0.25, 0.3) is 0 Å². The molecular formula is C13H18ClN3S. The van der Waals surface area contributed by atoms with Crippen molar-refractivity contribution in [2.24, 2.45) is 0 Å². The molecule has 3 nitrogen and oxygen atoms in total. The molecular weight excluding hydrogens is 266 g/mol. The minimum Gasteiger partial charge on any atom is -0.305 e. The highest BCUT2D eigenvalue weighted by atomic mass is 35.5. The monoisotopic (exact) mass is 283 g/mol. The van der Waals surface area contributed by atoms with E-state index in [1.54, 1.807) is 11.3 Å². The molecule has 0 aliphatic rings. The molecule has 0 aliphatic heterocycles. The van der Waals surface area contributed by atoms with Crippen molar-refractivity contribution in [3.8, 4) is 0 Å². The molecule has 0 amide bonds. The zero-order valence-electron chi connectivity index (χ0n) is 10.9. The van der Waals surface area contributed by atoms with E-state index in [4.69, 9.17) is 11.6 Å². The molecule has 5 heteroatoms. The number of halogens is 1. The molecule has 0 saturated carbocycles. The Labute approximate surface area is 117 Å². The summed E-state index contributed by atoms with van der Waals surface area (Å²) in [5.74, 6) is 0. The van der Waals surface area contributed by atoms with E-state index in [0.29, 0.717) is 0 Å². The van der Waals surface area contributed by atoms with Gasteiger partial charge in [0.2, 0.25) is 0 Å². The summed E-state index contributed by atoms with van der Waals surface area (Å²) in [5, 5.41) is 8.02. The van der Waals surface area contributed by atoms with Crippen molar-refractivity contribution in [2.75, 3.05) is 6.54 Å². The van der Waals surface area contributed by atoms with Crippen LogP contribution in [0.2, 0.25) is 4.34 Å². The highest BCUT2D eigenvalue weighted by Crippen LogP contribution is 2.31. The number of rotatable bonds is 5. The van der Waals surface area contributed by atoms with Crippen LogP contribution in [0.5, 0.6) is 0 Å². The van der Waals surface area contributed by atoms with E-state index in [0.717, 1.165) is 23.1 Å². The van der Waals surface area contributed by atoms with Gasteiger partial charge in [-0.25, -0.2) is 0 Å². The molecule has 0 aliphatic carbocycles. The van der Waals surface area contributed by atoms with Crippen LogP contribution in [0.1, 0.15) is 36.2 Å². The molecule has 0 aromatic carbocycles. The van der Waals surface area contributed by atoms with E-state index in [2.05, 4.69) is 41.1 Å². The molecule has 2 rings (SSSR count). The summed E-state index contributed by atoms with van der Waals surface area (Å²) in [5.41, 5.74) is 2.26. The third kappa shape index (κ3) is 2.76. The Morgan fingerprint density at radius 2 is 2.22 bits per heavy atom. The van der Waals surface area contributed by atoms with Crippen molar-refractivity contribution < 1.29 is 0 Å². The number of thiophene rings is 1. The van der Waals surface area contributed by atoms with Crippen molar-refractivity contribution >= 4 is 22.9 Å². The Balaban J connectivity index is 2.40. The lowest BCUT2D eigenvalue weighted by Gasteiger charge is -2.17. The van der Waals surface area contributed by atoms with Crippen molar-refractivity contribution in [3.63, 3.8) is 0 Å². The first kappa shape index (κ1) is 13.6. The lowest BCUT2D eigenvalue weighted by molar-refractivity contribution is 0.546. The minimum atomic E-state index is 0.175. The normalized spacial score (nSPS) is 12.9. The molecule has 0 spiro atoms. The number of aryl methyl sites for hydroxylation is 2. The molecule has 1 unspecified atom stereocenters. The predicted octanol–water partition coefficient (Wildman–Crippen LogP) is 3.63. The number of nitrogens with zero attached hydrogens (tertiary/aromatic N) is 2. The standard InChI is InChI=1S/C13H18ClN3S/c1-4-15-13(11-6-7-12(14)18-11)10-8-9(3)16-17(10)5-2/h6-8,13,15H,4-5H2,1-3H3. The maximum atomic E-state index is 6.04. The smallest absolute Gasteiger partial charge is 0.0931 e. The van der Waals surface area contributed by atoms with Crippen molar-refractivity contribution in [1.82, 2.24) is 15.1 Å². The van der Waals surface area contributed by atoms with Gasteiger partial charge in [0.05, 0.1) is 21.8 Å². The Morgan fingerprint density at radius 3 is 2.78 bits per heavy atom. The molecule has 1 atom stereocenters. The second-order valence-corrected chi connectivity index (χ2v) is 5.91. The van der Waals surface area contributed by atoms with E-state index in [9.17, 15) is 0 Å². The summed E-state index contributed by atoms with van der Waals surface area (Å²) in [4.78, 5) is 1.23. The summed E-state index contributed by atoms with van der Waals surface area (Å²) in [6, 6.07) is 6.35. The molecule has 2 aromatic heterocycles. The maximum absolute atomic E-state index is 6.04. The van der Waals surface area contributed by atoms with Gasteiger partial charge in [-0.3, -0.25) is 4.68 Å². The summed E-state index contributed by atoms with van der Waals surface area (Å²) in [6.07, 6.45) is 0. The quantitative estimate of drug-likeness (QED) is 0.908. The molecule has 18 heavy (non-hydrogen) atoms. The van der Waals surface area contributed by atoms with E-state index in [1.165, 1.54) is 10.6 Å². The van der Waals surface area contributed by atoms with Crippen molar-refractivity contribution in [3.05, 3.63) is 38.8 Å². The Kier molecular flexibility index (Phi) is 4.43. The fourth-order valence-electron chi connectivity index (χ4n) is 2.09. The van der Waals surface area contributed by atoms with Gasteiger partial charge in [0, 0.05) is 11.4 Å². The fraction of sp³-hybridized carbons (Fsp3) is 0.462. The minimum absolute atomic E-state index is 0.175. The van der Waals surface area contributed by atoms with Gasteiger partial charge in [-0.1, -0.05) is 18.5 Å². The van der Waals surface area contributed by atoms with Crippen LogP contribution in [0.15, 0.2) is 18.2 Å². The van der Waals surface area contributed by atoms with E-state index < -0.39 is 0 Å². The highest BCUT2D eigenvalue weighted by Gasteiger charge is 2.19. The van der Waals surface area contributed by atoms with Crippen LogP contribution in [-0.4, -0.2) is 16.3 Å². The first-order valence-corrected chi connectivity index (χ1v) is 7.38. The van der Waals surface area contributed by atoms with Gasteiger partial charge in [-0.2, -0.15) is 5.10 Å². The second-order valence-electron chi connectivity index (χ2n) is 4.16. The number of hydrogen-bond acceptors (Lipinski definition) is 3. The lowest BCUT2D eigenvalue weighted by Crippen LogP contribution is -2.24. The van der Waals surface area contributed by atoms with Crippen LogP contribution in [0, 0.1) is 6.92 Å². The van der Waals surface area contributed by atoms with Gasteiger partial charge < -0.3 is 5.32 Å². The van der Waals surface area contributed by atoms with Gasteiger partial charge >= 0.3 is 0 Å². The van der Waals surface area contributed by atoms with Gasteiger partial charge in [-0.15, -0.1) is 11.3 Å². The number of nitrogens with one attached hydrogen (secondary N) is 1. The van der Waals surface area contributed by atoms with Crippen LogP contribution in [0.4, 0.5) is 0 Å². The Bertz CT molecular complexity index is 518. The van der Waals surface area contributed by atoms with Crippen molar-refractivity contribution in [2.45, 2.75) is 33.4 Å². The van der Waals surface area contributed by atoms with Crippen LogP contribution in [0.25, 0.3) is 0 Å². The zero-order valence-corrected chi connectivity index (χ0v) is 12.5. The van der Waals surface area contributed by atoms with E-state index in [1.807, 2.05) is 13.0 Å². The van der Waals surface area contributed by atoms with E-state index in [-0.39, 0.29) is 6.04 Å². The predicted molar refractivity (Wildman–Crippen MR) is 77.5 cm³/mol. The van der Waals surface area contributed by atoms with Crippen LogP contribution in [-0.2, 0) is 6.54 Å². The number of hydrogen-bond donors (Lipinski definition) is 1.